The van der Waals surface area contributed by atoms with Crippen LogP contribution >= 0.6 is 0 Å². The van der Waals surface area contributed by atoms with Gasteiger partial charge in [0.25, 0.3) is 0 Å². The van der Waals surface area contributed by atoms with Gasteiger partial charge in [-0.05, 0) is 86.6 Å². The molecule has 8 heteroatoms. The van der Waals surface area contributed by atoms with Gasteiger partial charge in [0.2, 0.25) is 5.82 Å². The van der Waals surface area contributed by atoms with Crippen molar-refractivity contribution in [3.63, 3.8) is 0 Å². The SMILES string of the molecule is CCCCOc1ccc(-c2ccc(C3=CCC(COC4CC=C(c5ccc(C)c(F)c5F)CC4)CC3)c(F)c2F)c(F)c1F. The lowest BCUT2D eigenvalue weighted by molar-refractivity contribution is 0.0233. The van der Waals surface area contributed by atoms with Crippen LogP contribution in [0.1, 0.15) is 75.0 Å². The van der Waals surface area contributed by atoms with Gasteiger partial charge in [-0.2, -0.15) is 4.39 Å². The van der Waals surface area contributed by atoms with Crippen LogP contribution in [0, 0.1) is 47.7 Å². The van der Waals surface area contributed by atoms with Crippen LogP contribution in [-0.4, -0.2) is 19.3 Å². The first kappa shape index (κ1) is 31.9. The van der Waals surface area contributed by atoms with E-state index in [4.69, 9.17) is 9.47 Å². The topological polar surface area (TPSA) is 18.5 Å². The Hall–Kier alpha value is -3.52. The number of hydrogen-bond donors (Lipinski definition) is 0. The minimum atomic E-state index is -1.29. The quantitative estimate of drug-likeness (QED) is 0.167. The van der Waals surface area contributed by atoms with Crippen LogP contribution in [0.3, 0.4) is 0 Å². The monoisotopic (exact) mass is 614 g/mol. The highest BCUT2D eigenvalue weighted by Gasteiger charge is 2.25. The number of benzene rings is 3. The first-order valence-electron chi connectivity index (χ1n) is 15.2. The maximum absolute atomic E-state index is 15.2. The molecule has 0 saturated carbocycles. The minimum absolute atomic E-state index is 0.0243. The summed E-state index contributed by atoms with van der Waals surface area (Å²) in [5.74, 6) is -6.53. The van der Waals surface area contributed by atoms with Crippen molar-refractivity contribution in [3.05, 3.63) is 100 Å². The smallest absolute Gasteiger partial charge is 0.201 e. The van der Waals surface area contributed by atoms with E-state index in [9.17, 15) is 17.6 Å². The Morgan fingerprint density at radius 3 is 1.86 bits per heavy atom. The van der Waals surface area contributed by atoms with Gasteiger partial charge in [-0.1, -0.05) is 49.8 Å². The van der Waals surface area contributed by atoms with E-state index in [0.29, 0.717) is 56.3 Å². The summed E-state index contributed by atoms with van der Waals surface area (Å²) < 4.78 is 99.6. The highest BCUT2D eigenvalue weighted by Crippen LogP contribution is 2.38. The molecule has 234 valence electrons. The van der Waals surface area contributed by atoms with Crippen LogP contribution in [-0.2, 0) is 4.74 Å². The number of halogens is 6. The van der Waals surface area contributed by atoms with E-state index in [-0.39, 0.29) is 46.6 Å². The summed E-state index contributed by atoms with van der Waals surface area (Å²) in [5.41, 5.74) is 1.40. The Kier molecular flexibility index (Phi) is 10.2. The summed E-state index contributed by atoms with van der Waals surface area (Å²) in [4.78, 5) is 0. The molecule has 0 radical (unpaired) electrons. The number of hydrogen-bond acceptors (Lipinski definition) is 2. The Bertz CT molecular complexity index is 1580. The maximum Gasteiger partial charge on any atom is 0.201 e. The van der Waals surface area contributed by atoms with Crippen molar-refractivity contribution in [2.45, 2.75) is 71.3 Å². The third-order valence-corrected chi connectivity index (χ3v) is 8.59. The molecule has 0 amide bonds. The Balaban J connectivity index is 1.19. The maximum atomic E-state index is 15.2. The molecule has 0 N–H and O–H groups in total. The average molecular weight is 615 g/mol. The zero-order valence-corrected chi connectivity index (χ0v) is 24.9. The van der Waals surface area contributed by atoms with Crippen molar-refractivity contribution in [3.8, 4) is 16.9 Å². The van der Waals surface area contributed by atoms with Gasteiger partial charge in [-0.3, -0.25) is 0 Å². The molecule has 44 heavy (non-hydrogen) atoms. The van der Waals surface area contributed by atoms with Crippen LogP contribution in [0.15, 0.2) is 48.6 Å². The molecule has 0 bridgehead atoms. The number of allylic oxidation sites excluding steroid dienone is 3. The number of rotatable bonds is 10. The summed E-state index contributed by atoms with van der Waals surface area (Å²) in [5, 5.41) is 0. The third kappa shape index (κ3) is 6.75. The van der Waals surface area contributed by atoms with Gasteiger partial charge in [0, 0.05) is 22.3 Å². The molecule has 3 aromatic rings. The van der Waals surface area contributed by atoms with E-state index in [0.717, 1.165) is 18.4 Å². The normalized spacial score (nSPS) is 18.6. The summed E-state index contributed by atoms with van der Waals surface area (Å²) in [6.45, 7) is 4.21. The van der Waals surface area contributed by atoms with Crippen LogP contribution in [0.2, 0.25) is 0 Å². The first-order valence-corrected chi connectivity index (χ1v) is 15.2. The van der Waals surface area contributed by atoms with Crippen LogP contribution in [0.4, 0.5) is 26.3 Å². The average Bonchev–Trinajstić information content (AvgIpc) is 3.03. The second-order valence-electron chi connectivity index (χ2n) is 11.6. The highest BCUT2D eigenvalue weighted by atomic mass is 19.2. The van der Waals surface area contributed by atoms with E-state index >= 15 is 8.78 Å². The molecule has 2 aliphatic rings. The van der Waals surface area contributed by atoms with Gasteiger partial charge < -0.3 is 9.47 Å². The van der Waals surface area contributed by atoms with Gasteiger partial charge in [0.15, 0.2) is 34.8 Å². The predicted molar refractivity (Wildman–Crippen MR) is 160 cm³/mol. The fourth-order valence-electron chi connectivity index (χ4n) is 5.84. The van der Waals surface area contributed by atoms with E-state index in [2.05, 4.69) is 0 Å². The van der Waals surface area contributed by atoms with Gasteiger partial charge in [-0.25, -0.2) is 22.0 Å². The minimum Gasteiger partial charge on any atom is -0.490 e. The largest absolute Gasteiger partial charge is 0.490 e. The molecular formula is C36H36F6O2. The zero-order valence-electron chi connectivity index (χ0n) is 24.9. The predicted octanol–water partition coefficient (Wildman–Crippen LogP) is 10.5. The van der Waals surface area contributed by atoms with Gasteiger partial charge in [0.05, 0.1) is 19.3 Å². The van der Waals surface area contributed by atoms with Crippen molar-refractivity contribution in [2.75, 3.05) is 13.2 Å². The lowest BCUT2D eigenvalue weighted by atomic mass is 9.86. The number of ether oxygens (including phenoxy) is 2. The number of unbranched alkanes of at least 4 members (excludes halogenated alkanes) is 1. The molecule has 0 aliphatic heterocycles. The van der Waals surface area contributed by atoms with E-state index in [1.165, 1.54) is 31.2 Å². The molecule has 2 atom stereocenters. The Morgan fingerprint density at radius 2 is 1.23 bits per heavy atom. The molecule has 2 nitrogen and oxygen atoms in total. The zero-order chi connectivity index (χ0) is 31.4. The third-order valence-electron chi connectivity index (χ3n) is 8.59. The van der Waals surface area contributed by atoms with Gasteiger partial charge >= 0.3 is 0 Å². The fraction of sp³-hybridized carbons (Fsp3) is 0.389. The molecule has 2 unspecified atom stereocenters. The van der Waals surface area contributed by atoms with Crippen molar-refractivity contribution >= 4 is 11.1 Å². The fourth-order valence-corrected chi connectivity index (χ4v) is 5.84. The van der Waals surface area contributed by atoms with Crippen LogP contribution in [0.25, 0.3) is 22.3 Å². The summed E-state index contributed by atoms with van der Waals surface area (Å²) in [6.07, 6.45) is 9.03. The lowest BCUT2D eigenvalue weighted by Gasteiger charge is -2.27. The molecule has 0 heterocycles. The number of aryl methyl sites for hydroxylation is 1. The Morgan fingerprint density at radius 1 is 0.659 bits per heavy atom. The van der Waals surface area contributed by atoms with Crippen LogP contribution in [0.5, 0.6) is 5.75 Å². The second kappa shape index (κ2) is 14.1. The lowest BCUT2D eigenvalue weighted by Crippen LogP contribution is -2.21. The summed E-state index contributed by atoms with van der Waals surface area (Å²) in [6, 6.07) is 8.32. The van der Waals surface area contributed by atoms with Gasteiger partial charge in [-0.15, -0.1) is 0 Å². The molecule has 0 fully saturated rings. The molecule has 0 aromatic heterocycles. The molecule has 2 aliphatic carbocycles. The van der Waals surface area contributed by atoms with Crippen molar-refractivity contribution in [2.24, 2.45) is 5.92 Å². The van der Waals surface area contributed by atoms with E-state index < -0.39 is 34.9 Å². The molecule has 5 rings (SSSR count). The Labute approximate surface area is 254 Å². The molecule has 0 saturated heterocycles. The van der Waals surface area contributed by atoms with Crippen molar-refractivity contribution in [1.82, 2.24) is 0 Å². The summed E-state index contributed by atoms with van der Waals surface area (Å²) >= 11 is 0. The molecule has 0 spiro atoms. The first-order chi connectivity index (χ1) is 21.2. The van der Waals surface area contributed by atoms with Gasteiger partial charge in [0.1, 0.15) is 0 Å². The highest BCUT2D eigenvalue weighted by molar-refractivity contribution is 5.73. The van der Waals surface area contributed by atoms with Crippen LogP contribution < -0.4 is 4.74 Å². The van der Waals surface area contributed by atoms with Crippen molar-refractivity contribution < 1.29 is 35.8 Å². The second-order valence-corrected chi connectivity index (χ2v) is 11.6. The standard InChI is InChI=1S/C36H36F6O2/c1-3-4-19-43-30-18-17-29(35(41)36(30)42)28-16-15-27(33(39)34(28)40)23-8-6-22(7-9-23)20-44-25-12-10-24(11-13-25)26-14-5-21(2)31(37)32(26)38/h5,8,10,14-18,22,25H,3-4,6-7,9,11-13,19-20H2,1-2H3. The molecule has 3 aromatic carbocycles. The molecular weight excluding hydrogens is 578 g/mol. The van der Waals surface area contributed by atoms with E-state index in [1.807, 2.05) is 19.1 Å². The van der Waals surface area contributed by atoms with E-state index in [1.54, 1.807) is 12.1 Å². The van der Waals surface area contributed by atoms with Crippen molar-refractivity contribution in [1.29, 1.82) is 0 Å². The summed E-state index contributed by atoms with van der Waals surface area (Å²) in [7, 11) is 0.